The molecule has 1 fully saturated rings. The molecule has 1 aliphatic rings. The average molecular weight is 221 g/mol. The number of rotatable bonds is 5. The van der Waals surface area contributed by atoms with Crippen LogP contribution in [0, 0.1) is 0 Å². The van der Waals surface area contributed by atoms with Gasteiger partial charge in [-0.25, -0.2) is 0 Å². The van der Waals surface area contributed by atoms with E-state index in [1.165, 1.54) is 12.8 Å². The number of hydrogen-bond donors (Lipinski definition) is 1. The monoisotopic (exact) mass is 221 g/mol. The Balaban J connectivity index is 1.98. The molecule has 0 saturated heterocycles. The first kappa shape index (κ1) is 11.4. The lowest BCUT2D eigenvalue weighted by atomic mass is 10.1. The molecule has 1 aliphatic carbocycles. The predicted octanol–water partition coefficient (Wildman–Crippen LogP) is 1.82. The number of aliphatic hydroxyl groups is 1. The van der Waals surface area contributed by atoms with Crippen LogP contribution >= 0.6 is 0 Å². The summed E-state index contributed by atoms with van der Waals surface area (Å²) in [6.07, 6.45) is 2.10. The second-order valence-electron chi connectivity index (χ2n) is 4.46. The lowest BCUT2D eigenvalue weighted by Crippen LogP contribution is -2.26. The lowest BCUT2D eigenvalue weighted by Gasteiger charge is -2.20. The van der Waals surface area contributed by atoms with Crippen molar-refractivity contribution in [1.82, 2.24) is 4.90 Å². The highest BCUT2D eigenvalue weighted by molar-refractivity contribution is 5.29. The van der Waals surface area contributed by atoms with Crippen molar-refractivity contribution in [2.75, 3.05) is 20.7 Å². The number of nitrogens with zero attached hydrogens (tertiary/aromatic N) is 1. The summed E-state index contributed by atoms with van der Waals surface area (Å²) in [5.74, 6) is 0.797. The number of likely N-dealkylation sites (N-methyl/N-ethyl adjacent to an activating group) is 1. The Kier molecular flexibility index (Phi) is 3.46. The first-order valence-corrected chi connectivity index (χ1v) is 5.73. The molecule has 0 aromatic heterocycles. The summed E-state index contributed by atoms with van der Waals surface area (Å²) in [4.78, 5) is 2.23. The van der Waals surface area contributed by atoms with Gasteiger partial charge in [0.05, 0.1) is 13.2 Å². The Morgan fingerprint density at radius 3 is 2.88 bits per heavy atom. The molecule has 0 spiro atoms. The fourth-order valence-corrected chi connectivity index (χ4v) is 1.89. The summed E-state index contributed by atoms with van der Waals surface area (Å²) < 4.78 is 5.15. The third-order valence-electron chi connectivity index (χ3n) is 3.11. The van der Waals surface area contributed by atoms with Crippen LogP contribution < -0.4 is 4.74 Å². The van der Waals surface area contributed by atoms with Gasteiger partial charge in [0.15, 0.2) is 0 Å². The zero-order valence-corrected chi connectivity index (χ0v) is 9.89. The number of hydrogen-bond acceptors (Lipinski definition) is 3. The van der Waals surface area contributed by atoms with Crippen molar-refractivity contribution in [2.24, 2.45) is 0 Å². The van der Waals surface area contributed by atoms with Crippen molar-refractivity contribution in [3.05, 3.63) is 29.8 Å². The van der Waals surface area contributed by atoms with Crippen molar-refractivity contribution >= 4 is 0 Å². The number of benzene rings is 1. The maximum absolute atomic E-state index is 10.1. The topological polar surface area (TPSA) is 32.7 Å². The Labute approximate surface area is 96.6 Å². The predicted molar refractivity (Wildman–Crippen MR) is 63.6 cm³/mol. The zero-order valence-electron chi connectivity index (χ0n) is 9.89. The summed E-state index contributed by atoms with van der Waals surface area (Å²) in [5, 5.41) is 10.1. The van der Waals surface area contributed by atoms with E-state index in [1.807, 2.05) is 24.3 Å². The Hall–Kier alpha value is -1.06. The minimum Gasteiger partial charge on any atom is -0.497 e. The van der Waals surface area contributed by atoms with Gasteiger partial charge in [0, 0.05) is 12.6 Å². The summed E-state index contributed by atoms with van der Waals surface area (Å²) in [6, 6.07) is 8.31. The molecule has 0 amide bonds. The molecule has 0 heterocycles. The largest absolute Gasteiger partial charge is 0.497 e. The molecule has 1 aromatic carbocycles. The molecule has 3 heteroatoms. The Morgan fingerprint density at radius 1 is 1.50 bits per heavy atom. The molecule has 1 unspecified atom stereocenters. The minimum absolute atomic E-state index is 0.430. The van der Waals surface area contributed by atoms with Gasteiger partial charge in [-0.1, -0.05) is 12.1 Å². The molecule has 1 saturated carbocycles. The van der Waals surface area contributed by atoms with Crippen molar-refractivity contribution in [2.45, 2.75) is 25.0 Å². The van der Waals surface area contributed by atoms with E-state index in [4.69, 9.17) is 4.74 Å². The van der Waals surface area contributed by atoms with Crippen LogP contribution in [0.5, 0.6) is 5.75 Å². The van der Waals surface area contributed by atoms with Gasteiger partial charge in [0.2, 0.25) is 0 Å². The Bertz CT molecular complexity index is 350. The summed E-state index contributed by atoms with van der Waals surface area (Å²) in [5.41, 5.74) is 0.923. The summed E-state index contributed by atoms with van der Waals surface area (Å²) >= 11 is 0. The highest BCUT2D eigenvalue weighted by Gasteiger charge is 2.27. The van der Waals surface area contributed by atoms with E-state index in [0.29, 0.717) is 12.6 Å². The quantitative estimate of drug-likeness (QED) is 0.823. The van der Waals surface area contributed by atoms with Crippen LogP contribution in [-0.4, -0.2) is 36.8 Å². The molecule has 1 aromatic rings. The van der Waals surface area contributed by atoms with Crippen LogP contribution in [0.4, 0.5) is 0 Å². The van der Waals surface area contributed by atoms with Gasteiger partial charge in [-0.05, 0) is 37.6 Å². The number of methoxy groups -OCH3 is 1. The number of aliphatic hydroxyl groups excluding tert-OH is 1. The molecule has 88 valence electrons. The summed E-state index contributed by atoms with van der Waals surface area (Å²) in [7, 11) is 3.71. The van der Waals surface area contributed by atoms with Crippen molar-refractivity contribution in [3.8, 4) is 5.75 Å². The van der Waals surface area contributed by atoms with E-state index in [2.05, 4.69) is 11.9 Å². The van der Waals surface area contributed by atoms with E-state index >= 15 is 0 Å². The van der Waals surface area contributed by atoms with Crippen LogP contribution in [0.3, 0.4) is 0 Å². The third kappa shape index (κ3) is 2.74. The minimum atomic E-state index is -0.430. The maximum Gasteiger partial charge on any atom is 0.119 e. The van der Waals surface area contributed by atoms with Crippen LogP contribution in [-0.2, 0) is 0 Å². The van der Waals surface area contributed by atoms with E-state index in [1.54, 1.807) is 7.11 Å². The lowest BCUT2D eigenvalue weighted by molar-refractivity contribution is 0.123. The maximum atomic E-state index is 10.1. The van der Waals surface area contributed by atoms with E-state index in [9.17, 15) is 5.11 Å². The van der Waals surface area contributed by atoms with Crippen molar-refractivity contribution in [3.63, 3.8) is 0 Å². The molecule has 0 bridgehead atoms. The molecular formula is C13H19NO2. The van der Waals surface area contributed by atoms with Crippen LogP contribution in [0.25, 0.3) is 0 Å². The van der Waals surface area contributed by atoms with Gasteiger partial charge in [-0.15, -0.1) is 0 Å². The zero-order chi connectivity index (χ0) is 11.5. The molecule has 0 radical (unpaired) electrons. The van der Waals surface area contributed by atoms with Gasteiger partial charge >= 0.3 is 0 Å². The van der Waals surface area contributed by atoms with Crippen LogP contribution in [0.2, 0.25) is 0 Å². The molecule has 1 N–H and O–H groups in total. The van der Waals surface area contributed by atoms with Crippen LogP contribution in [0.1, 0.15) is 24.5 Å². The Morgan fingerprint density at radius 2 is 2.25 bits per heavy atom. The van der Waals surface area contributed by atoms with Crippen molar-refractivity contribution in [1.29, 1.82) is 0 Å². The first-order chi connectivity index (χ1) is 7.70. The van der Waals surface area contributed by atoms with Crippen molar-refractivity contribution < 1.29 is 9.84 Å². The molecule has 3 nitrogen and oxygen atoms in total. The standard InChI is InChI=1S/C13H19NO2/c1-14(11-6-7-11)9-13(15)10-4-3-5-12(8-10)16-2/h3-5,8,11,13,15H,6-7,9H2,1-2H3. The second kappa shape index (κ2) is 4.85. The van der Waals surface area contributed by atoms with Crippen LogP contribution in [0.15, 0.2) is 24.3 Å². The van der Waals surface area contributed by atoms with Gasteiger partial charge in [0.25, 0.3) is 0 Å². The fraction of sp³-hybridized carbons (Fsp3) is 0.538. The number of ether oxygens (including phenoxy) is 1. The molecule has 2 rings (SSSR count). The molecular weight excluding hydrogens is 202 g/mol. The second-order valence-corrected chi connectivity index (χ2v) is 4.46. The van der Waals surface area contributed by atoms with Gasteiger partial charge < -0.3 is 14.7 Å². The third-order valence-corrected chi connectivity index (χ3v) is 3.11. The smallest absolute Gasteiger partial charge is 0.119 e. The highest BCUT2D eigenvalue weighted by Crippen LogP contribution is 2.27. The van der Waals surface area contributed by atoms with Gasteiger partial charge in [-0.3, -0.25) is 0 Å². The first-order valence-electron chi connectivity index (χ1n) is 5.73. The average Bonchev–Trinajstić information content (AvgIpc) is 3.13. The fourth-order valence-electron chi connectivity index (χ4n) is 1.89. The molecule has 1 atom stereocenters. The highest BCUT2D eigenvalue weighted by atomic mass is 16.5. The van der Waals surface area contributed by atoms with E-state index < -0.39 is 6.10 Å². The molecule has 16 heavy (non-hydrogen) atoms. The summed E-state index contributed by atoms with van der Waals surface area (Å²) in [6.45, 7) is 0.692. The van der Waals surface area contributed by atoms with Gasteiger partial charge in [-0.2, -0.15) is 0 Å². The SMILES string of the molecule is COc1cccc(C(O)CN(C)C2CC2)c1. The van der Waals surface area contributed by atoms with Gasteiger partial charge in [0.1, 0.15) is 5.75 Å². The van der Waals surface area contributed by atoms with E-state index in [-0.39, 0.29) is 0 Å². The van der Waals surface area contributed by atoms with E-state index in [0.717, 1.165) is 11.3 Å². The molecule has 0 aliphatic heterocycles. The normalized spacial score (nSPS) is 17.5.